The van der Waals surface area contributed by atoms with Gasteiger partial charge in [0.2, 0.25) is 5.91 Å². The fourth-order valence-electron chi connectivity index (χ4n) is 3.93. The van der Waals surface area contributed by atoms with Crippen LogP contribution in [0, 0.1) is 6.92 Å². The molecule has 1 heterocycles. The molecule has 0 saturated carbocycles. The van der Waals surface area contributed by atoms with Gasteiger partial charge in [0.1, 0.15) is 17.5 Å². The maximum absolute atomic E-state index is 13.4. The molecule has 1 saturated heterocycles. The first-order chi connectivity index (χ1) is 16.9. The smallest absolute Gasteiger partial charge is 0.332 e. The minimum absolute atomic E-state index is 0.172. The second-order valence-electron chi connectivity index (χ2n) is 8.26. The van der Waals surface area contributed by atoms with Crippen LogP contribution in [0.3, 0.4) is 0 Å². The maximum Gasteiger partial charge on any atom is 0.332 e. The summed E-state index contributed by atoms with van der Waals surface area (Å²) in [6, 6.07) is 19.9. The van der Waals surface area contributed by atoms with E-state index in [1.807, 2.05) is 31.2 Å². The SMILES string of the molecule is COc1ccc(CN2C(=O)N(c3ccc(C)cc3)C(=O)[C@@H]2CC(=O)Nc2ccc(OC)cc2)cc1. The molecule has 3 aromatic rings. The second-order valence-corrected chi connectivity index (χ2v) is 8.26. The number of carbonyl (C=O) groups excluding carboxylic acids is 3. The van der Waals surface area contributed by atoms with Gasteiger partial charge in [-0.3, -0.25) is 9.59 Å². The Morgan fingerprint density at radius 2 is 1.43 bits per heavy atom. The number of methoxy groups -OCH3 is 2. The first-order valence-corrected chi connectivity index (χ1v) is 11.2. The van der Waals surface area contributed by atoms with Crippen LogP contribution in [0.1, 0.15) is 17.5 Å². The van der Waals surface area contributed by atoms with Crippen LogP contribution in [0.25, 0.3) is 0 Å². The zero-order chi connectivity index (χ0) is 24.9. The molecule has 0 aliphatic carbocycles. The van der Waals surface area contributed by atoms with Crippen molar-refractivity contribution in [3.05, 3.63) is 83.9 Å². The number of hydrogen-bond acceptors (Lipinski definition) is 5. The Hall–Kier alpha value is -4.33. The number of benzene rings is 3. The van der Waals surface area contributed by atoms with Crippen molar-refractivity contribution in [3.63, 3.8) is 0 Å². The molecule has 8 nitrogen and oxygen atoms in total. The van der Waals surface area contributed by atoms with Crippen LogP contribution >= 0.6 is 0 Å². The van der Waals surface area contributed by atoms with Gasteiger partial charge in [0.05, 0.1) is 26.3 Å². The Bertz CT molecular complexity index is 1210. The van der Waals surface area contributed by atoms with E-state index in [1.54, 1.807) is 62.8 Å². The van der Waals surface area contributed by atoms with Gasteiger partial charge in [-0.05, 0) is 61.0 Å². The number of amides is 4. The Labute approximate surface area is 204 Å². The van der Waals surface area contributed by atoms with Gasteiger partial charge in [0.15, 0.2) is 0 Å². The third kappa shape index (κ3) is 5.27. The van der Waals surface area contributed by atoms with Crippen molar-refractivity contribution in [2.75, 3.05) is 24.4 Å². The highest BCUT2D eigenvalue weighted by molar-refractivity contribution is 6.22. The molecule has 8 heteroatoms. The van der Waals surface area contributed by atoms with Gasteiger partial charge >= 0.3 is 6.03 Å². The normalized spacial score (nSPS) is 15.3. The summed E-state index contributed by atoms with van der Waals surface area (Å²) in [6.07, 6.45) is -0.172. The monoisotopic (exact) mass is 473 g/mol. The van der Waals surface area contributed by atoms with Crippen molar-refractivity contribution in [1.82, 2.24) is 4.90 Å². The van der Waals surface area contributed by atoms with Crippen molar-refractivity contribution in [2.45, 2.75) is 25.9 Å². The number of nitrogens with zero attached hydrogens (tertiary/aromatic N) is 2. The van der Waals surface area contributed by atoms with E-state index in [1.165, 1.54) is 4.90 Å². The van der Waals surface area contributed by atoms with Crippen molar-refractivity contribution >= 4 is 29.2 Å². The lowest BCUT2D eigenvalue weighted by Gasteiger charge is -2.22. The third-order valence-corrected chi connectivity index (χ3v) is 5.88. The van der Waals surface area contributed by atoms with Gasteiger partial charge < -0.3 is 19.7 Å². The lowest BCUT2D eigenvalue weighted by atomic mass is 10.1. The van der Waals surface area contributed by atoms with E-state index in [2.05, 4.69) is 5.32 Å². The van der Waals surface area contributed by atoms with Gasteiger partial charge in [0, 0.05) is 12.2 Å². The first kappa shape index (κ1) is 23.8. The van der Waals surface area contributed by atoms with Crippen LogP contribution in [0.4, 0.5) is 16.2 Å². The molecular formula is C27H27N3O5. The van der Waals surface area contributed by atoms with E-state index in [0.29, 0.717) is 22.9 Å². The molecule has 1 aliphatic heterocycles. The molecule has 180 valence electrons. The van der Waals surface area contributed by atoms with E-state index in [4.69, 9.17) is 9.47 Å². The molecule has 1 aliphatic rings. The van der Waals surface area contributed by atoms with Crippen LogP contribution < -0.4 is 19.7 Å². The molecule has 0 bridgehead atoms. The molecule has 0 aromatic heterocycles. The number of imide groups is 1. The zero-order valence-electron chi connectivity index (χ0n) is 19.9. The Balaban J connectivity index is 1.58. The summed E-state index contributed by atoms with van der Waals surface area (Å²) >= 11 is 0. The van der Waals surface area contributed by atoms with Gasteiger partial charge in [-0.15, -0.1) is 0 Å². The fourth-order valence-corrected chi connectivity index (χ4v) is 3.93. The lowest BCUT2D eigenvalue weighted by molar-refractivity contribution is -0.124. The molecular weight excluding hydrogens is 446 g/mol. The van der Waals surface area contributed by atoms with Gasteiger partial charge in [-0.2, -0.15) is 0 Å². The first-order valence-electron chi connectivity index (χ1n) is 11.2. The topological polar surface area (TPSA) is 88.2 Å². The predicted molar refractivity (Wildman–Crippen MR) is 133 cm³/mol. The summed E-state index contributed by atoms with van der Waals surface area (Å²) in [7, 11) is 3.14. The van der Waals surface area contributed by atoms with Crippen molar-refractivity contribution in [1.29, 1.82) is 0 Å². The Morgan fingerprint density at radius 1 is 0.857 bits per heavy atom. The number of urea groups is 1. The highest BCUT2D eigenvalue weighted by atomic mass is 16.5. The lowest BCUT2D eigenvalue weighted by Crippen LogP contribution is -2.37. The molecule has 4 amide bonds. The third-order valence-electron chi connectivity index (χ3n) is 5.88. The van der Waals surface area contributed by atoms with Crippen LogP contribution in [-0.2, 0) is 16.1 Å². The quantitative estimate of drug-likeness (QED) is 0.491. The standard InChI is InChI=1S/C27H27N3O5/c1-18-4-10-21(11-5-18)30-26(32)24(16-25(31)28-20-8-14-23(35-3)15-9-20)29(27(30)33)17-19-6-12-22(34-2)13-7-19/h4-15,24H,16-17H2,1-3H3,(H,28,31)/t24-/m0/s1. The number of rotatable bonds is 8. The summed E-state index contributed by atoms with van der Waals surface area (Å²) in [5, 5.41) is 2.80. The number of aryl methyl sites for hydroxylation is 1. The summed E-state index contributed by atoms with van der Waals surface area (Å²) in [5.74, 6) is 0.553. The van der Waals surface area contributed by atoms with E-state index in [0.717, 1.165) is 16.0 Å². The highest BCUT2D eigenvalue weighted by Crippen LogP contribution is 2.29. The van der Waals surface area contributed by atoms with Gasteiger partial charge in [0.25, 0.3) is 5.91 Å². The summed E-state index contributed by atoms with van der Waals surface area (Å²) in [6.45, 7) is 2.11. The second kappa shape index (κ2) is 10.3. The molecule has 0 radical (unpaired) electrons. The molecule has 1 atom stereocenters. The van der Waals surface area contributed by atoms with E-state index in [9.17, 15) is 14.4 Å². The number of ether oxygens (including phenoxy) is 2. The molecule has 3 aromatic carbocycles. The zero-order valence-corrected chi connectivity index (χ0v) is 19.9. The number of hydrogen-bond donors (Lipinski definition) is 1. The average molecular weight is 474 g/mol. The van der Waals surface area contributed by atoms with Crippen molar-refractivity contribution in [3.8, 4) is 11.5 Å². The van der Waals surface area contributed by atoms with Crippen molar-refractivity contribution in [2.24, 2.45) is 0 Å². The Morgan fingerprint density at radius 3 is 2.00 bits per heavy atom. The summed E-state index contributed by atoms with van der Waals surface area (Å²) in [4.78, 5) is 42.3. The maximum atomic E-state index is 13.4. The predicted octanol–water partition coefficient (Wildman–Crippen LogP) is 4.38. The molecule has 0 spiro atoms. The molecule has 35 heavy (non-hydrogen) atoms. The molecule has 1 fully saturated rings. The van der Waals surface area contributed by atoms with Crippen LogP contribution in [-0.4, -0.2) is 43.0 Å². The van der Waals surface area contributed by atoms with E-state index in [-0.39, 0.29) is 18.9 Å². The largest absolute Gasteiger partial charge is 0.497 e. The molecule has 0 unspecified atom stereocenters. The van der Waals surface area contributed by atoms with Crippen molar-refractivity contribution < 1.29 is 23.9 Å². The van der Waals surface area contributed by atoms with E-state index < -0.39 is 18.0 Å². The van der Waals surface area contributed by atoms with Gasteiger partial charge in [-0.25, -0.2) is 9.69 Å². The molecule has 4 rings (SSSR count). The molecule has 1 N–H and O–H groups in total. The van der Waals surface area contributed by atoms with Crippen LogP contribution in [0.15, 0.2) is 72.8 Å². The average Bonchev–Trinajstić information content (AvgIpc) is 3.09. The fraction of sp³-hybridized carbons (Fsp3) is 0.222. The minimum atomic E-state index is -0.941. The number of nitrogens with one attached hydrogen (secondary N) is 1. The minimum Gasteiger partial charge on any atom is -0.497 e. The Kier molecular flexibility index (Phi) is 7.01. The summed E-state index contributed by atoms with van der Waals surface area (Å²) < 4.78 is 10.3. The van der Waals surface area contributed by atoms with Crippen LogP contribution in [0.5, 0.6) is 11.5 Å². The van der Waals surface area contributed by atoms with Gasteiger partial charge in [-0.1, -0.05) is 29.8 Å². The summed E-state index contributed by atoms with van der Waals surface area (Å²) in [5.41, 5.74) is 2.88. The number of carbonyl (C=O) groups is 3. The van der Waals surface area contributed by atoms with Crippen LogP contribution in [0.2, 0.25) is 0 Å². The number of anilines is 2. The highest BCUT2D eigenvalue weighted by Gasteiger charge is 2.46. The van der Waals surface area contributed by atoms with E-state index >= 15 is 0 Å².